The molecule has 0 aliphatic carbocycles. The topological polar surface area (TPSA) is 94.5 Å². The summed E-state index contributed by atoms with van der Waals surface area (Å²) in [5.41, 5.74) is 1.27. The van der Waals surface area contributed by atoms with Crippen molar-refractivity contribution in [3.05, 3.63) is 58.5 Å². The number of carbonyl (C=O) groups excluding carboxylic acids is 1. The number of hydrogen-bond donors (Lipinski definition) is 2. The minimum atomic E-state index is -0.441. The number of nitrogens with zero attached hydrogens (tertiary/aromatic N) is 3. The molecule has 2 N–H and O–H groups in total. The van der Waals surface area contributed by atoms with Gasteiger partial charge in [0.25, 0.3) is 0 Å². The van der Waals surface area contributed by atoms with Gasteiger partial charge >= 0.3 is 0 Å². The summed E-state index contributed by atoms with van der Waals surface area (Å²) >= 11 is 2.51. The van der Waals surface area contributed by atoms with Crippen molar-refractivity contribution in [2.24, 2.45) is 0 Å². The van der Waals surface area contributed by atoms with E-state index in [9.17, 15) is 9.18 Å². The zero-order chi connectivity index (χ0) is 19.2. The number of thioether (sulfide) groups is 1. The van der Waals surface area contributed by atoms with Crippen LogP contribution in [-0.2, 0) is 4.79 Å². The molecule has 1 atom stereocenters. The van der Waals surface area contributed by atoms with Crippen LogP contribution in [0.1, 0.15) is 23.9 Å². The number of H-pyrrole nitrogens is 1. The maximum absolute atomic E-state index is 12.9. The van der Waals surface area contributed by atoms with Gasteiger partial charge in [0.1, 0.15) is 22.7 Å². The number of nitriles is 1. The first-order valence-corrected chi connectivity index (χ1v) is 9.62. The number of aromatic amines is 1. The van der Waals surface area contributed by atoms with Crippen LogP contribution in [-0.4, -0.2) is 26.3 Å². The Balaban J connectivity index is 1.59. The Labute approximate surface area is 163 Å². The van der Waals surface area contributed by atoms with Gasteiger partial charge in [-0.1, -0.05) is 30.0 Å². The average Bonchev–Trinajstić information content (AvgIpc) is 3.30. The highest BCUT2D eigenvalue weighted by Crippen LogP contribution is 2.25. The lowest BCUT2D eigenvalue weighted by Crippen LogP contribution is -2.22. The summed E-state index contributed by atoms with van der Waals surface area (Å²) < 4.78 is 12.9. The highest BCUT2D eigenvalue weighted by Gasteiger charge is 2.18. The molecule has 0 saturated heterocycles. The van der Waals surface area contributed by atoms with Crippen molar-refractivity contribution in [1.29, 1.82) is 5.26 Å². The van der Waals surface area contributed by atoms with Gasteiger partial charge in [-0.2, -0.15) is 5.26 Å². The number of thiophene rings is 1. The van der Waals surface area contributed by atoms with Crippen LogP contribution in [0, 0.1) is 17.1 Å². The summed E-state index contributed by atoms with van der Waals surface area (Å²) in [6, 6.07) is 9.77. The van der Waals surface area contributed by atoms with E-state index in [1.807, 2.05) is 6.07 Å². The molecule has 0 spiro atoms. The first-order chi connectivity index (χ1) is 13.0. The maximum Gasteiger partial charge on any atom is 0.238 e. The Bertz CT molecular complexity index is 1000. The molecule has 1 aromatic carbocycles. The normalized spacial score (nSPS) is 12.0. The molecule has 6 nitrogen and oxygen atoms in total. The van der Waals surface area contributed by atoms with E-state index in [4.69, 9.17) is 5.26 Å². The molecule has 136 valence electrons. The van der Waals surface area contributed by atoms with E-state index in [0.717, 1.165) is 5.56 Å². The van der Waals surface area contributed by atoms with Gasteiger partial charge in [0.2, 0.25) is 11.1 Å². The number of anilines is 1. The molecule has 3 rings (SSSR count). The molecular weight excluding hydrogens is 385 g/mol. The molecule has 0 saturated carbocycles. The van der Waals surface area contributed by atoms with Crippen LogP contribution in [0.3, 0.4) is 0 Å². The van der Waals surface area contributed by atoms with Crippen molar-refractivity contribution in [2.45, 2.75) is 17.3 Å². The lowest BCUT2D eigenvalue weighted by Gasteiger charge is -2.08. The van der Waals surface area contributed by atoms with E-state index in [1.54, 1.807) is 42.7 Å². The summed E-state index contributed by atoms with van der Waals surface area (Å²) in [6.07, 6.45) is 3.50. The van der Waals surface area contributed by atoms with E-state index in [0.29, 0.717) is 21.5 Å². The molecule has 2 aromatic heterocycles. The lowest BCUT2D eigenvalue weighted by atomic mass is 10.2. The van der Waals surface area contributed by atoms with Crippen molar-refractivity contribution in [1.82, 2.24) is 15.2 Å². The Kier molecular flexibility index (Phi) is 6.01. The van der Waals surface area contributed by atoms with Crippen LogP contribution in [0.5, 0.6) is 0 Å². The number of carbonyl (C=O) groups is 1. The Morgan fingerprint density at radius 2 is 2.15 bits per heavy atom. The third-order valence-corrected chi connectivity index (χ3v) is 5.25. The number of halogens is 1. The van der Waals surface area contributed by atoms with Crippen molar-refractivity contribution in [3.63, 3.8) is 0 Å². The molecule has 0 fully saturated rings. The SMILES string of the molecule is CC(Sc1n[nH]c(/C=C/c2ccc(F)cc2)n1)C(=O)Nc1sccc1C#N. The lowest BCUT2D eigenvalue weighted by molar-refractivity contribution is -0.115. The molecule has 1 amide bonds. The summed E-state index contributed by atoms with van der Waals surface area (Å²) in [5, 5.41) is 20.9. The van der Waals surface area contributed by atoms with Crippen LogP contribution >= 0.6 is 23.1 Å². The quantitative estimate of drug-likeness (QED) is 0.607. The zero-order valence-electron chi connectivity index (χ0n) is 14.1. The van der Waals surface area contributed by atoms with Crippen LogP contribution in [0.25, 0.3) is 12.2 Å². The second-order valence-electron chi connectivity index (χ2n) is 5.41. The highest BCUT2D eigenvalue weighted by molar-refractivity contribution is 8.00. The predicted octanol–water partition coefficient (Wildman–Crippen LogP) is 4.17. The molecular formula is C18H14FN5OS2. The van der Waals surface area contributed by atoms with E-state index in [-0.39, 0.29) is 11.7 Å². The first kappa shape index (κ1) is 18.8. The molecule has 0 radical (unpaired) electrons. The van der Waals surface area contributed by atoms with Gasteiger partial charge in [0, 0.05) is 0 Å². The van der Waals surface area contributed by atoms with Crippen LogP contribution in [0.15, 0.2) is 40.9 Å². The fraction of sp³-hybridized carbons (Fsp3) is 0.111. The van der Waals surface area contributed by atoms with Gasteiger partial charge in [-0.3, -0.25) is 9.89 Å². The summed E-state index contributed by atoms with van der Waals surface area (Å²) in [4.78, 5) is 16.6. The Morgan fingerprint density at radius 1 is 1.37 bits per heavy atom. The number of nitrogens with one attached hydrogen (secondary N) is 2. The minimum absolute atomic E-state index is 0.229. The first-order valence-electron chi connectivity index (χ1n) is 7.86. The summed E-state index contributed by atoms with van der Waals surface area (Å²) in [6.45, 7) is 1.74. The number of benzene rings is 1. The second-order valence-corrected chi connectivity index (χ2v) is 7.64. The predicted molar refractivity (Wildman–Crippen MR) is 105 cm³/mol. The van der Waals surface area contributed by atoms with Gasteiger partial charge in [0.05, 0.1) is 10.8 Å². The van der Waals surface area contributed by atoms with Gasteiger partial charge in [-0.25, -0.2) is 9.37 Å². The van der Waals surface area contributed by atoms with E-state index < -0.39 is 5.25 Å². The molecule has 2 heterocycles. The number of rotatable bonds is 6. The summed E-state index contributed by atoms with van der Waals surface area (Å²) in [5.74, 6) is 0.00816. The zero-order valence-corrected chi connectivity index (χ0v) is 15.8. The molecule has 9 heteroatoms. The molecule has 3 aromatic rings. The Morgan fingerprint density at radius 3 is 2.89 bits per heavy atom. The minimum Gasteiger partial charge on any atom is -0.316 e. The third kappa shape index (κ3) is 5.03. The monoisotopic (exact) mass is 399 g/mol. The van der Waals surface area contributed by atoms with E-state index >= 15 is 0 Å². The van der Waals surface area contributed by atoms with Crippen LogP contribution < -0.4 is 5.32 Å². The third-order valence-electron chi connectivity index (χ3n) is 3.46. The fourth-order valence-electron chi connectivity index (χ4n) is 2.05. The van der Waals surface area contributed by atoms with Crippen LogP contribution in [0.2, 0.25) is 0 Å². The average molecular weight is 399 g/mol. The maximum atomic E-state index is 12.9. The fourth-order valence-corrected chi connectivity index (χ4v) is 3.53. The van der Waals surface area contributed by atoms with Crippen LogP contribution in [0.4, 0.5) is 9.39 Å². The van der Waals surface area contributed by atoms with Gasteiger partial charge in [0.15, 0.2) is 0 Å². The van der Waals surface area contributed by atoms with Gasteiger partial charge < -0.3 is 5.32 Å². The van der Waals surface area contributed by atoms with E-state index in [1.165, 1.54) is 35.2 Å². The Hall–Kier alpha value is -2.96. The van der Waals surface area contributed by atoms with Gasteiger partial charge in [-0.05, 0) is 42.1 Å². The highest BCUT2D eigenvalue weighted by atomic mass is 32.2. The summed E-state index contributed by atoms with van der Waals surface area (Å²) in [7, 11) is 0. The van der Waals surface area contributed by atoms with E-state index in [2.05, 4.69) is 20.5 Å². The van der Waals surface area contributed by atoms with Gasteiger partial charge in [-0.15, -0.1) is 16.4 Å². The molecule has 0 aliphatic heterocycles. The van der Waals surface area contributed by atoms with Crippen molar-refractivity contribution in [2.75, 3.05) is 5.32 Å². The van der Waals surface area contributed by atoms with Crippen molar-refractivity contribution < 1.29 is 9.18 Å². The number of hydrogen-bond acceptors (Lipinski definition) is 6. The standard InChI is InChI=1S/C18H14FN5OS2/c1-11(16(25)22-17-13(10-20)8-9-26-17)27-18-21-15(23-24-18)7-4-12-2-5-14(19)6-3-12/h2-9,11H,1H3,(H,22,25)(H,21,23,24)/b7-4+. The largest absolute Gasteiger partial charge is 0.316 e. The second kappa shape index (κ2) is 8.62. The molecule has 1 unspecified atom stereocenters. The molecule has 0 aliphatic rings. The number of aromatic nitrogens is 3. The number of amides is 1. The molecule has 27 heavy (non-hydrogen) atoms. The molecule has 0 bridgehead atoms. The van der Waals surface area contributed by atoms with Crippen molar-refractivity contribution >= 4 is 46.2 Å². The van der Waals surface area contributed by atoms with Crippen molar-refractivity contribution in [3.8, 4) is 6.07 Å². The smallest absolute Gasteiger partial charge is 0.238 e.